The Labute approximate surface area is 204 Å². The van der Waals surface area contributed by atoms with Gasteiger partial charge in [-0.2, -0.15) is 0 Å². The molecule has 35 heavy (non-hydrogen) atoms. The molecule has 4 aliphatic heterocycles. The maximum Gasteiger partial charge on any atom is 0.308 e. The number of hydrogen-bond donors (Lipinski definition) is 1. The Morgan fingerprint density at radius 1 is 1.09 bits per heavy atom. The van der Waals surface area contributed by atoms with Crippen LogP contribution in [-0.2, 0) is 40.1 Å². The Bertz CT molecular complexity index is 958. The zero-order valence-electron chi connectivity index (χ0n) is 20.5. The molecule has 1 spiro atoms. The molecule has 8 atom stereocenters. The summed E-state index contributed by atoms with van der Waals surface area (Å²) in [7, 11) is 0. The standard InChI is InChI=1S/C26H34FNO7/c1-15-4-9-20-16(2)23(32-24-26(20)19(15)12-13-25(3,33-24)34-35-26)31-22(30)11-10-21(29)28-14-17-5-7-18(27)8-6-17/h5-8,15-16,19-20,23-24H,4,9-14H2,1-3H3,(H,28,29)/t15-,16-,19+,20+,23-,24-,25+,26?/m1/s1. The second-order valence-electron chi connectivity index (χ2n) is 10.7. The first kappa shape index (κ1) is 24.6. The second-order valence-corrected chi connectivity index (χ2v) is 10.7. The van der Waals surface area contributed by atoms with Gasteiger partial charge in [-0.3, -0.25) is 9.59 Å². The highest BCUT2D eigenvalue weighted by Gasteiger charge is 2.69. The monoisotopic (exact) mass is 491 g/mol. The molecule has 1 aromatic rings. The fraction of sp³-hybridized carbons (Fsp3) is 0.692. The van der Waals surface area contributed by atoms with Crippen LogP contribution in [0.3, 0.4) is 0 Å². The van der Waals surface area contributed by atoms with Crippen molar-refractivity contribution in [2.24, 2.45) is 23.7 Å². The summed E-state index contributed by atoms with van der Waals surface area (Å²) in [6.07, 6.45) is 2.05. The Morgan fingerprint density at radius 3 is 2.63 bits per heavy atom. The molecule has 4 heterocycles. The van der Waals surface area contributed by atoms with Gasteiger partial charge < -0.3 is 19.5 Å². The van der Waals surface area contributed by atoms with E-state index in [1.54, 1.807) is 12.1 Å². The third-order valence-corrected chi connectivity index (χ3v) is 8.30. The van der Waals surface area contributed by atoms with Crippen LogP contribution in [0.1, 0.15) is 64.9 Å². The molecule has 1 unspecified atom stereocenters. The predicted molar refractivity (Wildman–Crippen MR) is 120 cm³/mol. The fourth-order valence-corrected chi connectivity index (χ4v) is 6.30. The summed E-state index contributed by atoms with van der Waals surface area (Å²) < 4.78 is 31.2. The van der Waals surface area contributed by atoms with Gasteiger partial charge in [0.05, 0.1) is 6.42 Å². The predicted octanol–water partition coefficient (Wildman–Crippen LogP) is 3.97. The van der Waals surface area contributed by atoms with Crippen LogP contribution in [0.2, 0.25) is 0 Å². The quantitative estimate of drug-likeness (QED) is 0.475. The van der Waals surface area contributed by atoms with Gasteiger partial charge >= 0.3 is 5.97 Å². The van der Waals surface area contributed by atoms with Gasteiger partial charge in [0.25, 0.3) is 0 Å². The van der Waals surface area contributed by atoms with E-state index >= 15 is 0 Å². The van der Waals surface area contributed by atoms with Crippen LogP contribution >= 0.6 is 0 Å². The first-order valence-electron chi connectivity index (χ1n) is 12.6. The van der Waals surface area contributed by atoms with Crippen molar-refractivity contribution in [2.45, 2.75) is 89.8 Å². The summed E-state index contributed by atoms with van der Waals surface area (Å²) in [6, 6.07) is 5.88. The summed E-state index contributed by atoms with van der Waals surface area (Å²) in [6.45, 7) is 6.37. The van der Waals surface area contributed by atoms with E-state index in [2.05, 4.69) is 12.2 Å². The third kappa shape index (κ3) is 4.59. The molecule has 1 amide bonds. The van der Waals surface area contributed by atoms with Gasteiger partial charge in [0, 0.05) is 31.2 Å². The molecule has 1 aromatic carbocycles. The van der Waals surface area contributed by atoms with Crippen LogP contribution in [0.25, 0.3) is 0 Å². The highest BCUT2D eigenvalue weighted by molar-refractivity contribution is 5.81. The highest BCUT2D eigenvalue weighted by Crippen LogP contribution is 2.60. The lowest BCUT2D eigenvalue weighted by molar-refractivity contribution is -0.576. The average molecular weight is 492 g/mol. The summed E-state index contributed by atoms with van der Waals surface area (Å²) in [5.41, 5.74) is 0.0642. The van der Waals surface area contributed by atoms with Crippen molar-refractivity contribution < 1.29 is 38.0 Å². The highest BCUT2D eigenvalue weighted by atomic mass is 19.1. The van der Waals surface area contributed by atoms with Gasteiger partial charge in [-0.15, -0.1) is 0 Å². The molecule has 5 aliphatic rings. The van der Waals surface area contributed by atoms with Crippen molar-refractivity contribution >= 4 is 11.9 Å². The fourth-order valence-electron chi connectivity index (χ4n) is 6.30. The Hall–Kier alpha value is -2.07. The molecule has 6 rings (SSSR count). The molecule has 4 saturated heterocycles. The zero-order valence-corrected chi connectivity index (χ0v) is 20.5. The molecule has 5 fully saturated rings. The lowest BCUT2D eigenvalue weighted by atomic mass is 9.58. The maximum atomic E-state index is 13.0. The van der Waals surface area contributed by atoms with E-state index in [9.17, 15) is 14.0 Å². The van der Waals surface area contributed by atoms with Crippen molar-refractivity contribution in [3.63, 3.8) is 0 Å². The zero-order chi connectivity index (χ0) is 24.8. The number of amides is 1. The van der Waals surface area contributed by atoms with Crippen molar-refractivity contribution in [1.29, 1.82) is 0 Å². The number of nitrogens with one attached hydrogen (secondary N) is 1. The molecular formula is C26H34FNO7. The van der Waals surface area contributed by atoms with Gasteiger partial charge in [0.2, 0.25) is 18.0 Å². The van der Waals surface area contributed by atoms with E-state index in [4.69, 9.17) is 24.0 Å². The van der Waals surface area contributed by atoms with Gasteiger partial charge in [-0.1, -0.05) is 26.0 Å². The molecule has 1 aliphatic carbocycles. The van der Waals surface area contributed by atoms with E-state index in [0.29, 0.717) is 12.3 Å². The Kier molecular flexibility index (Phi) is 6.63. The van der Waals surface area contributed by atoms with E-state index in [-0.39, 0.29) is 48.9 Å². The molecule has 192 valence electrons. The molecule has 0 radical (unpaired) electrons. The smallest absolute Gasteiger partial charge is 0.308 e. The van der Waals surface area contributed by atoms with Crippen molar-refractivity contribution in [3.05, 3.63) is 35.6 Å². The largest absolute Gasteiger partial charge is 0.435 e. The number of esters is 1. The molecule has 1 saturated carbocycles. The third-order valence-electron chi connectivity index (χ3n) is 8.30. The van der Waals surface area contributed by atoms with E-state index in [1.807, 2.05) is 13.8 Å². The maximum absolute atomic E-state index is 13.0. The Morgan fingerprint density at radius 2 is 1.86 bits per heavy atom. The minimum absolute atomic E-state index is 0.0109. The van der Waals surface area contributed by atoms with Crippen LogP contribution in [0.15, 0.2) is 24.3 Å². The number of fused-ring (bicyclic) bond motifs is 2. The number of ether oxygens (including phenoxy) is 3. The van der Waals surface area contributed by atoms with Crippen LogP contribution < -0.4 is 5.32 Å². The van der Waals surface area contributed by atoms with Crippen molar-refractivity contribution in [3.8, 4) is 0 Å². The number of halogens is 1. The second kappa shape index (κ2) is 9.42. The topological polar surface area (TPSA) is 92.3 Å². The normalized spacial score (nSPS) is 39.9. The molecule has 2 bridgehead atoms. The molecule has 0 aromatic heterocycles. The summed E-state index contributed by atoms with van der Waals surface area (Å²) in [5.74, 6) is -1.39. The van der Waals surface area contributed by atoms with Gasteiger partial charge in [-0.05, 0) is 55.7 Å². The molecule has 9 heteroatoms. The van der Waals surface area contributed by atoms with Crippen LogP contribution in [0.4, 0.5) is 4.39 Å². The minimum Gasteiger partial charge on any atom is -0.435 e. The molecule has 1 N–H and O–H groups in total. The summed E-state index contributed by atoms with van der Waals surface area (Å²) >= 11 is 0. The Balaban J connectivity index is 1.19. The van der Waals surface area contributed by atoms with Crippen LogP contribution in [-0.4, -0.2) is 35.8 Å². The van der Waals surface area contributed by atoms with Gasteiger partial charge in [0.1, 0.15) is 5.82 Å². The lowest BCUT2D eigenvalue weighted by Gasteiger charge is -2.59. The van der Waals surface area contributed by atoms with Crippen molar-refractivity contribution in [2.75, 3.05) is 0 Å². The number of benzene rings is 1. The number of hydrogen-bond acceptors (Lipinski definition) is 7. The van der Waals surface area contributed by atoms with Gasteiger partial charge in [-0.25, -0.2) is 14.2 Å². The number of carbonyl (C=O) groups excluding carboxylic acids is 2. The first-order chi connectivity index (χ1) is 16.7. The van der Waals surface area contributed by atoms with E-state index < -0.39 is 29.9 Å². The van der Waals surface area contributed by atoms with Gasteiger partial charge in [0.15, 0.2) is 11.9 Å². The average Bonchev–Trinajstić information content (AvgIpc) is 3.06. The molecular weight excluding hydrogens is 457 g/mol. The summed E-state index contributed by atoms with van der Waals surface area (Å²) in [4.78, 5) is 36.7. The van der Waals surface area contributed by atoms with E-state index in [0.717, 1.165) is 24.8 Å². The SMILES string of the molecule is C[C@H]1[C@H](OC(=O)CCC(=O)NCc2ccc(F)cc2)O[C@@H]2O[C@]3(C)CC[C@H]4[C@H](C)CC[C@@H]1C24OO3. The van der Waals surface area contributed by atoms with Crippen molar-refractivity contribution in [1.82, 2.24) is 5.32 Å². The minimum atomic E-state index is -0.894. The molecule has 8 nitrogen and oxygen atoms in total. The first-order valence-corrected chi connectivity index (χ1v) is 12.6. The van der Waals surface area contributed by atoms with Crippen LogP contribution in [0, 0.1) is 29.5 Å². The van der Waals surface area contributed by atoms with Crippen LogP contribution in [0.5, 0.6) is 0 Å². The lowest BCUT2D eigenvalue weighted by Crippen LogP contribution is -2.70. The van der Waals surface area contributed by atoms with E-state index in [1.165, 1.54) is 12.1 Å². The summed E-state index contributed by atoms with van der Waals surface area (Å²) in [5, 5.41) is 2.73. The number of rotatable bonds is 6. The number of carbonyl (C=O) groups is 2.